The summed E-state index contributed by atoms with van der Waals surface area (Å²) >= 11 is 5.81. The molecule has 0 radical (unpaired) electrons. The van der Waals surface area contributed by atoms with Crippen molar-refractivity contribution >= 4 is 11.6 Å². The molecule has 0 unspecified atom stereocenters. The number of aromatic nitrogens is 1. The van der Waals surface area contributed by atoms with Crippen LogP contribution in [0.25, 0.3) is 11.1 Å². The van der Waals surface area contributed by atoms with Gasteiger partial charge in [0.05, 0.1) is 13.0 Å². The normalized spacial score (nSPS) is 10.3. The van der Waals surface area contributed by atoms with Gasteiger partial charge in [-0.15, -0.1) is 11.6 Å². The van der Waals surface area contributed by atoms with E-state index in [4.69, 9.17) is 16.3 Å². The van der Waals surface area contributed by atoms with Gasteiger partial charge in [-0.1, -0.05) is 6.07 Å². The molecule has 0 bridgehead atoms. The fourth-order valence-corrected chi connectivity index (χ4v) is 1.95. The summed E-state index contributed by atoms with van der Waals surface area (Å²) in [5, 5.41) is 0. The van der Waals surface area contributed by atoms with E-state index < -0.39 is 5.82 Å². The van der Waals surface area contributed by atoms with Gasteiger partial charge in [0.2, 0.25) is 0 Å². The number of pyridine rings is 1. The molecule has 0 aliphatic rings. The van der Waals surface area contributed by atoms with Crippen molar-refractivity contribution in [2.45, 2.75) is 5.88 Å². The molecule has 2 aromatic rings. The summed E-state index contributed by atoms with van der Waals surface area (Å²) < 4.78 is 18.9. The van der Waals surface area contributed by atoms with Crippen LogP contribution in [0, 0.1) is 5.82 Å². The number of ether oxygens (including phenoxy) is 1. The van der Waals surface area contributed by atoms with Gasteiger partial charge in [0.1, 0.15) is 0 Å². The molecule has 0 saturated carbocycles. The van der Waals surface area contributed by atoms with Gasteiger partial charge < -0.3 is 4.74 Å². The van der Waals surface area contributed by atoms with Crippen molar-refractivity contribution in [1.29, 1.82) is 0 Å². The second kappa shape index (κ2) is 5.15. The molecule has 1 aromatic carbocycles. The van der Waals surface area contributed by atoms with Crippen LogP contribution >= 0.6 is 11.6 Å². The fraction of sp³-hybridized carbons (Fsp3) is 0.154. The molecule has 0 amide bonds. The molecule has 0 aliphatic carbocycles. The van der Waals surface area contributed by atoms with Crippen molar-refractivity contribution in [3.63, 3.8) is 0 Å². The zero-order valence-electron chi connectivity index (χ0n) is 9.28. The van der Waals surface area contributed by atoms with Crippen molar-refractivity contribution in [3.8, 4) is 16.9 Å². The van der Waals surface area contributed by atoms with Crippen LogP contribution in [0.5, 0.6) is 5.75 Å². The quantitative estimate of drug-likeness (QED) is 0.777. The molecule has 0 aliphatic heterocycles. The number of benzene rings is 1. The Morgan fingerprint density at radius 2 is 1.94 bits per heavy atom. The maximum Gasteiger partial charge on any atom is 0.170 e. The maximum atomic E-state index is 14.0. The monoisotopic (exact) mass is 251 g/mol. The first-order chi connectivity index (χ1) is 8.27. The van der Waals surface area contributed by atoms with Crippen molar-refractivity contribution < 1.29 is 9.13 Å². The highest BCUT2D eigenvalue weighted by Gasteiger charge is 2.14. The van der Waals surface area contributed by atoms with Gasteiger partial charge in [0, 0.05) is 18.0 Å². The van der Waals surface area contributed by atoms with Crippen LogP contribution in [0.2, 0.25) is 0 Å². The van der Waals surface area contributed by atoms with E-state index in [1.807, 2.05) is 12.1 Å². The Morgan fingerprint density at radius 1 is 1.24 bits per heavy atom. The highest BCUT2D eigenvalue weighted by Crippen LogP contribution is 2.31. The first-order valence-electron chi connectivity index (χ1n) is 5.09. The van der Waals surface area contributed by atoms with Gasteiger partial charge in [-0.2, -0.15) is 0 Å². The smallest absolute Gasteiger partial charge is 0.170 e. The van der Waals surface area contributed by atoms with Crippen molar-refractivity contribution in [3.05, 3.63) is 48.0 Å². The summed E-state index contributed by atoms with van der Waals surface area (Å²) in [5.41, 5.74) is 2.09. The molecule has 0 fully saturated rings. The highest BCUT2D eigenvalue weighted by atomic mass is 35.5. The molecule has 88 valence electrons. The van der Waals surface area contributed by atoms with Crippen molar-refractivity contribution in [2.75, 3.05) is 7.11 Å². The minimum atomic E-state index is -0.406. The van der Waals surface area contributed by atoms with E-state index in [0.29, 0.717) is 5.56 Å². The van der Waals surface area contributed by atoms with E-state index in [1.54, 1.807) is 24.5 Å². The number of halogens is 2. The average molecular weight is 252 g/mol. The molecule has 17 heavy (non-hydrogen) atoms. The Hall–Kier alpha value is -1.61. The molecule has 0 atom stereocenters. The number of methoxy groups -OCH3 is 1. The average Bonchev–Trinajstić information content (AvgIpc) is 2.39. The van der Waals surface area contributed by atoms with Gasteiger partial charge in [-0.25, -0.2) is 4.39 Å². The summed E-state index contributed by atoms with van der Waals surface area (Å²) in [6, 6.07) is 7.03. The SMILES string of the molecule is COc1ccc(-c2ccncc2)c(CCl)c1F. The van der Waals surface area contributed by atoms with Crippen LogP contribution in [0.3, 0.4) is 0 Å². The highest BCUT2D eigenvalue weighted by molar-refractivity contribution is 6.17. The van der Waals surface area contributed by atoms with Crippen molar-refractivity contribution in [2.24, 2.45) is 0 Å². The van der Waals surface area contributed by atoms with Gasteiger partial charge in [-0.3, -0.25) is 4.98 Å². The van der Waals surface area contributed by atoms with E-state index in [0.717, 1.165) is 11.1 Å². The summed E-state index contributed by atoms with van der Waals surface area (Å²) in [6.45, 7) is 0. The fourth-order valence-electron chi connectivity index (χ4n) is 1.69. The first-order valence-corrected chi connectivity index (χ1v) is 5.63. The maximum absolute atomic E-state index is 14.0. The lowest BCUT2D eigenvalue weighted by Gasteiger charge is -2.11. The Bertz CT molecular complexity index is 516. The van der Waals surface area contributed by atoms with Crippen LogP contribution < -0.4 is 4.74 Å². The molecule has 2 rings (SSSR count). The van der Waals surface area contributed by atoms with Crippen LogP contribution in [0.1, 0.15) is 5.56 Å². The number of alkyl halides is 1. The number of hydrogen-bond acceptors (Lipinski definition) is 2. The van der Waals surface area contributed by atoms with Gasteiger partial charge >= 0.3 is 0 Å². The van der Waals surface area contributed by atoms with Crippen molar-refractivity contribution in [1.82, 2.24) is 4.98 Å². The minimum Gasteiger partial charge on any atom is -0.494 e. The number of rotatable bonds is 3. The van der Waals surface area contributed by atoms with E-state index in [9.17, 15) is 4.39 Å². The minimum absolute atomic E-state index is 0.0979. The lowest BCUT2D eigenvalue weighted by molar-refractivity contribution is 0.385. The van der Waals surface area contributed by atoms with Gasteiger partial charge in [-0.05, 0) is 29.3 Å². The number of nitrogens with zero attached hydrogens (tertiary/aromatic N) is 1. The molecule has 0 spiro atoms. The predicted octanol–water partition coefficient (Wildman–Crippen LogP) is 3.64. The molecular weight excluding hydrogens is 241 g/mol. The van der Waals surface area contributed by atoms with Crippen LogP contribution in [-0.4, -0.2) is 12.1 Å². The standard InChI is InChI=1S/C13H11ClFNO/c1-17-12-3-2-10(11(8-14)13(12)15)9-4-6-16-7-5-9/h2-7H,8H2,1H3. The Labute approximate surface area is 104 Å². The summed E-state index contributed by atoms with van der Waals surface area (Å²) in [6.07, 6.45) is 3.32. The lowest BCUT2D eigenvalue weighted by Crippen LogP contribution is -1.96. The van der Waals surface area contributed by atoms with Gasteiger partial charge in [0.15, 0.2) is 11.6 Å². The topological polar surface area (TPSA) is 22.1 Å². The van der Waals surface area contributed by atoms with E-state index in [2.05, 4.69) is 4.98 Å². The van der Waals surface area contributed by atoms with Crippen LogP contribution in [0.4, 0.5) is 4.39 Å². The molecule has 0 N–H and O–H groups in total. The first kappa shape index (κ1) is 11.9. The Morgan fingerprint density at radius 3 is 2.53 bits per heavy atom. The van der Waals surface area contributed by atoms with Crippen LogP contribution in [-0.2, 0) is 5.88 Å². The molecule has 1 aromatic heterocycles. The second-order valence-corrected chi connectivity index (χ2v) is 3.74. The molecule has 0 saturated heterocycles. The third-order valence-corrected chi connectivity index (χ3v) is 2.82. The predicted molar refractivity (Wildman–Crippen MR) is 65.7 cm³/mol. The number of hydrogen-bond donors (Lipinski definition) is 0. The zero-order chi connectivity index (χ0) is 12.3. The molecular formula is C13H11ClFNO. The van der Waals surface area contributed by atoms with E-state index in [-0.39, 0.29) is 11.6 Å². The summed E-state index contributed by atoms with van der Waals surface area (Å²) in [5.74, 6) is -0.101. The molecule has 1 heterocycles. The summed E-state index contributed by atoms with van der Waals surface area (Å²) in [4.78, 5) is 3.93. The Balaban J connectivity index is 2.59. The molecule has 2 nitrogen and oxygen atoms in total. The Kier molecular flexibility index (Phi) is 3.59. The third kappa shape index (κ3) is 2.24. The van der Waals surface area contributed by atoms with Crippen LogP contribution in [0.15, 0.2) is 36.7 Å². The second-order valence-electron chi connectivity index (χ2n) is 3.48. The zero-order valence-corrected chi connectivity index (χ0v) is 10.0. The lowest BCUT2D eigenvalue weighted by atomic mass is 10.0. The largest absolute Gasteiger partial charge is 0.494 e. The summed E-state index contributed by atoms with van der Waals surface area (Å²) in [7, 11) is 1.43. The van der Waals surface area contributed by atoms with E-state index in [1.165, 1.54) is 7.11 Å². The molecule has 4 heteroatoms. The van der Waals surface area contributed by atoms with Gasteiger partial charge in [0.25, 0.3) is 0 Å². The third-order valence-electron chi connectivity index (χ3n) is 2.55. The van der Waals surface area contributed by atoms with E-state index >= 15 is 0 Å².